The fraction of sp³-hybridized carbons (Fsp3) is 0.368. The van der Waals surface area contributed by atoms with Crippen LogP contribution in [0, 0.1) is 12.8 Å². The van der Waals surface area contributed by atoms with Crippen molar-refractivity contribution >= 4 is 17.3 Å². The van der Waals surface area contributed by atoms with E-state index in [1.807, 2.05) is 37.6 Å². The van der Waals surface area contributed by atoms with Gasteiger partial charge in [-0.15, -0.1) is 11.8 Å². The Morgan fingerprint density at radius 3 is 2.52 bits per heavy atom. The van der Waals surface area contributed by atoms with Crippen molar-refractivity contribution in [2.45, 2.75) is 37.6 Å². The third-order valence-electron chi connectivity index (χ3n) is 4.46. The van der Waals surface area contributed by atoms with Crippen LogP contribution in [0.15, 0.2) is 46.4 Å². The second kappa shape index (κ2) is 9.56. The molecule has 0 radical (unpaired) electrons. The van der Waals surface area contributed by atoms with Crippen molar-refractivity contribution in [3.05, 3.63) is 63.7 Å². The van der Waals surface area contributed by atoms with Gasteiger partial charge in [0, 0.05) is 30.0 Å². The summed E-state index contributed by atoms with van der Waals surface area (Å²) in [6, 6.07) is 8.02. The summed E-state index contributed by atoms with van der Waals surface area (Å²) in [6.07, 6.45) is 11.3. The molecule has 0 spiro atoms. The van der Waals surface area contributed by atoms with Crippen molar-refractivity contribution in [3.63, 3.8) is 0 Å². The van der Waals surface area contributed by atoms with Gasteiger partial charge in [0.05, 0.1) is 5.03 Å². The van der Waals surface area contributed by atoms with E-state index < -0.39 is 0 Å². The Hall–Kier alpha value is -1.89. The molecule has 5 nitrogen and oxygen atoms in total. The maximum Gasteiger partial charge on any atom is 0.251 e. The lowest BCUT2D eigenvalue weighted by Crippen LogP contribution is -2.11. The average Bonchev–Trinajstić information content (AvgIpc) is 3.09. The van der Waals surface area contributed by atoms with Crippen LogP contribution in [-0.2, 0) is 0 Å². The highest BCUT2D eigenvalue weighted by Crippen LogP contribution is 2.31. The van der Waals surface area contributed by atoms with E-state index in [4.69, 9.17) is 0 Å². The van der Waals surface area contributed by atoms with Gasteiger partial charge in [0.2, 0.25) is 0 Å². The molecule has 0 aromatic carbocycles. The molecule has 25 heavy (non-hydrogen) atoms. The number of aromatic nitrogens is 2. The molecule has 0 bridgehead atoms. The summed E-state index contributed by atoms with van der Waals surface area (Å²) in [5, 5.41) is 1.01. The lowest BCUT2D eigenvalue weighted by atomic mass is 9.97. The summed E-state index contributed by atoms with van der Waals surface area (Å²) in [7, 11) is 0. The summed E-state index contributed by atoms with van der Waals surface area (Å²) in [4.78, 5) is 19.5. The Balaban J connectivity index is 0.00000208. The van der Waals surface area contributed by atoms with Crippen molar-refractivity contribution in [3.8, 4) is 0 Å². The van der Waals surface area contributed by atoms with Crippen molar-refractivity contribution in [2.75, 3.05) is 6.26 Å². The molecule has 138 valence electrons. The zero-order valence-corrected chi connectivity index (χ0v) is 15.5. The number of thioether (sulfide) groups is 1. The quantitative estimate of drug-likeness (QED) is 0.842. The number of nitrogens with zero attached hydrogens (tertiary/aromatic N) is 1. The maximum absolute atomic E-state index is 12.0. The minimum atomic E-state index is -0.0199. The first-order valence-corrected chi connectivity index (χ1v) is 9.32. The van der Waals surface area contributed by atoms with E-state index in [0.717, 1.165) is 27.4 Å². The third kappa shape index (κ3) is 5.04. The first kappa shape index (κ1) is 21.2. The highest BCUT2D eigenvalue weighted by Gasteiger charge is 2.16. The predicted molar refractivity (Wildman–Crippen MR) is 106 cm³/mol. The van der Waals surface area contributed by atoms with Gasteiger partial charge >= 0.3 is 0 Å². The van der Waals surface area contributed by atoms with Gasteiger partial charge in [0.15, 0.2) is 0 Å². The Kier molecular flexibility index (Phi) is 8.09. The molecule has 0 atom stereocenters. The van der Waals surface area contributed by atoms with E-state index in [9.17, 15) is 4.79 Å². The van der Waals surface area contributed by atoms with Gasteiger partial charge in [-0.1, -0.05) is 31.1 Å². The highest BCUT2D eigenvalue weighted by atomic mass is 32.2. The standard InChI is InChI=1S/C19H22N2OS.2H2O.H2/c1-13-7-9-17(21-19(13)22)16(11-14-5-3-4-6-14)15-8-10-18(23-2)20-12-15;;;/h7-12,14H,3-6H2,1-2H3,(H,21,22);2*1H2;1H/b16-11+;;;. The van der Waals surface area contributed by atoms with Crippen LogP contribution in [0.4, 0.5) is 0 Å². The molecule has 1 aliphatic rings. The Morgan fingerprint density at radius 1 is 1.24 bits per heavy atom. The molecule has 5 N–H and O–H groups in total. The normalized spacial score (nSPS) is 14.7. The van der Waals surface area contributed by atoms with Gasteiger partial charge in [-0.05, 0) is 44.1 Å². The van der Waals surface area contributed by atoms with Gasteiger partial charge in [0.1, 0.15) is 0 Å². The van der Waals surface area contributed by atoms with Crippen LogP contribution in [0.2, 0.25) is 0 Å². The topological polar surface area (TPSA) is 109 Å². The molecule has 0 aliphatic heterocycles. The molecule has 0 saturated heterocycles. The van der Waals surface area contributed by atoms with Crippen LogP contribution < -0.4 is 5.56 Å². The molecule has 2 heterocycles. The van der Waals surface area contributed by atoms with Gasteiger partial charge in [-0.25, -0.2) is 4.98 Å². The van der Waals surface area contributed by atoms with Crippen LogP contribution in [0.5, 0.6) is 0 Å². The maximum atomic E-state index is 12.0. The number of rotatable bonds is 4. The molecule has 3 rings (SSSR count). The molecule has 0 unspecified atom stereocenters. The second-order valence-corrected chi connectivity index (χ2v) is 6.92. The molecule has 2 aromatic rings. The van der Waals surface area contributed by atoms with E-state index in [2.05, 4.69) is 22.1 Å². The highest BCUT2D eigenvalue weighted by molar-refractivity contribution is 7.98. The predicted octanol–water partition coefficient (Wildman–Crippen LogP) is 3.02. The van der Waals surface area contributed by atoms with Gasteiger partial charge in [-0.3, -0.25) is 4.79 Å². The van der Waals surface area contributed by atoms with E-state index in [0.29, 0.717) is 5.92 Å². The van der Waals surface area contributed by atoms with Gasteiger partial charge < -0.3 is 15.9 Å². The third-order valence-corrected chi connectivity index (χ3v) is 5.11. The van der Waals surface area contributed by atoms with Gasteiger partial charge in [-0.2, -0.15) is 0 Å². The van der Waals surface area contributed by atoms with Crippen molar-refractivity contribution in [2.24, 2.45) is 5.92 Å². The number of aromatic amines is 1. The minimum absolute atomic E-state index is 0. The van der Waals surface area contributed by atoms with Crippen LogP contribution in [0.3, 0.4) is 0 Å². The van der Waals surface area contributed by atoms with Crippen LogP contribution >= 0.6 is 11.8 Å². The first-order valence-electron chi connectivity index (χ1n) is 8.10. The number of hydrogen-bond donors (Lipinski definition) is 1. The summed E-state index contributed by atoms with van der Waals surface area (Å²) in [5.41, 5.74) is 3.76. The molecule has 6 heteroatoms. The number of H-pyrrole nitrogens is 1. The molecule has 1 saturated carbocycles. The molecule has 1 aliphatic carbocycles. The van der Waals surface area contributed by atoms with Crippen LogP contribution in [-0.4, -0.2) is 27.2 Å². The number of nitrogens with one attached hydrogen (secondary N) is 1. The molecule has 1 fully saturated rings. The smallest absolute Gasteiger partial charge is 0.251 e. The Morgan fingerprint density at radius 2 is 1.96 bits per heavy atom. The van der Waals surface area contributed by atoms with Crippen molar-refractivity contribution in [1.82, 2.24) is 9.97 Å². The number of allylic oxidation sites excluding steroid dienone is 1. The largest absolute Gasteiger partial charge is 0.412 e. The van der Waals surface area contributed by atoms with Crippen LogP contribution in [0.1, 0.15) is 43.9 Å². The van der Waals surface area contributed by atoms with E-state index >= 15 is 0 Å². The fourth-order valence-electron chi connectivity index (χ4n) is 3.07. The Labute approximate surface area is 153 Å². The summed E-state index contributed by atoms with van der Waals surface area (Å²) in [6.45, 7) is 1.83. The van der Waals surface area contributed by atoms with Crippen LogP contribution in [0.25, 0.3) is 5.57 Å². The molecular formula is C19H28N2O3S. The summed E-state index contributed by atoms with van der Waals surface area (Å²) >= 11 is 1.63. The first-order chi connectivity index (χ1) is 11.2. The lowest BCUT2D eigenvalue weighted by molar-refractivity contribution is 0.687. The summed E-state index contributed by atoms with van der Waals surface area (Å²) < 4.78 is 0. The number of hydrogen-bond acceptors (Lipinski definition) is 3. The van der Waals surface area contributed by atoms with Gasteiger partial charge in [0.25, 0.3) is 5.56 Å². The molecule has 2 aromatic heterocycles. The summed E-state index contributed by atoms with van der Waals surface area (Å²) in [5.74, 6) is 0.593. The zero-order chi connectivity index (χ0) is 16.2. The SMILES string of the molecule is CSc1ccc(/C(=C\C2CCCC2)c2ccc(C)c(=O)[nH]2)cn1.O.O.[HH]. The van der Waals surface area contributed by atoms with Crippen molar-refractivity contribution < 1.29 is 12.4 Å². The Bertz CT molecular complexity index is 769. The number of aryl methyl sites for hydroxylation is 1. The minimum Gasteiger partial charge on any atom is -0.412 e. The fourth-order valence-corrected chi connectivity index (χ4v) is 3.43. The molecule has 0 amide bonds. The van der Waals surface area contributed by atoms with E-state index in [-0.39, 0.29) is 17.9 Å². The lowest BCUT2D eigenvalue weighted by Gasteiger charge is -2.12. The average molecular weight is 365 g/mol. The molecular weight excluding hydrogens is 336 g/mol. The number of pyridine rings is 2. The van der Waals surface area contributed by atoms with Crippen molar-refractivity contribution in [1.29, 1.82) is 0 Å². The second-order valence-electron chi connectivity index (χ2n) is 6.10. The zero-order valence-electron chi connectivity index (χ0n) is 14.6. The van der Waals surface area contributed by atoms with E-state index in [1.165, 1.54) is 25.7 Å². The van der Waals surface area contributed by atoms with E-state index in [1.54, 1.807) is 11.8 Å². The monoisotopic (exact) mass is 364 g/mol.